The van der Waals surface area contributed by atoms with Gasteiger partial charge in [-0.1, -0.05) is 23.4 Å². The van der Waals surface area contributed by atoms with Gasteiger partial charge in [-0.05, 0) is 38.3 Å². The monoisotopic (exact) mass is 301 g/mol. The molecular formula is C17H23N3O2. The van der Waals surface area contributed by atoms with E-state index in [9.17, 15) is 4.79 Å². The Hall–Kier alpha value is -2.04. The molecule has 0 aromatic heterocycles. The third-order valence-electron chi connectivity index (χ3n) is 4.35. The van der Waals surface area contributed by atoms with Gasteiger partial charge in [-0.15, -0.1) is 0 Å². The van der Waals surface area contributed by atoms with E-state index in [0.29, 0.717) is 13.0 Å². The van der Waals surface area contributed by atoms with Crippen molar-refractivity contribution in [1.82, 2.24) is 5.32 Å². The molecular weight excluding hydrogens is 278 g/mol. The molecule has 0 spiro atoms. The Morgan fingerprint density at radius 3 is 3.05 bits per heavy atom. The first-order valence-electron chi connectivity index (χ1n) is 7.91. The summed E-state index contributed by atoms with van der Waals surface area (Å²) in [5, 5.41) is 6.87. The van der Waals surface area contributed by atoms with E-state index < -0.39 is 5.60 Å². The molecule has 118 valence electrons. The van der Waals surface area contributed by atoms with Crippen LogP contribution in [0.1, 0.15) is 32.3 Å². The van der Waals surface area contributed by atoms with Gasteiger partial charge in [0.2, 0.25) is 5.60 Å². The molecule has 2 aliphatic heterocycles. The summed E-state index contributed by atoms with van der Waals surface area (Å²) in [5.74, 6) is -0.0848. The first kappa shape index (κ1) is 14.9. The van der Waals surface area contributed by atoms with Crippen molar-refractivity contribution in [2.75, 3.05) is 24.5 Å². The Labute approximate surface area is 131 Å². The van der Waals surface area contributed by atoms with E-state index >= 15 is 0 Å². The summed E-state index contributed by atoms with van der Waals surface area (Å²) in [6.45, 7) is 6.15. The zero-order valence-electron chi connectivity index (χ0n) is 13.3. The second-order valence-electron chi connectivity index (χ2n) is 6.30. The summed E-state index contributed by atoms with van der Waals surface area (Å²) in [6, 6.07) is 8.51. The lowest BCUT2D eigenvalue weighted by Crippen LogP contribution is -2.47. The van der Waals surface area contributed by atoms with Crippen molar-refractivity contribution in [2.24, 2.45) is 5.16 Å². The van der Waals surface area contributed by atoms with Gasteiger partial charge in [0.25, 0.3) is 5.91 Å². The molecule has 0 saturated carbocycles. The van der Waals surface area contributed by atoms with Crippen LogP contribution in [-0.2, 0) is 16.1 Å². The van der Waals surface area contributed by atoms with Gasteiger partial charge in [0.15, 0.2) is 0 Å². The average Bonchev–Trinajstić information content (AvgIpc) is 2.88. The molecule has 1 N–H and O–H groups in total. The van der Waals surface area contributed by atoms with Crippen molar-refractivity contribution < 1.29 is 9.63 Å². The van der Waals surface area contributed by atoms with Crippen LogP contribution in [-0.4, -0.2) is 36.9 Å². The topological polar surface area (TPSA) is 53.9 Å². The Morgan fingerprint density at radius 2 is 2.27 bits per heavy atom. The average molecular weight is 301 g/mol. The van der Waals surface area contributed by atoms with E-state index in [1.165, 1.54) is 17.7 Å². The Morgan fingerprint density at radius 1 is 1.45 bits per heavy atom. The van der Waals surface area contributed by atoms with Crippen LogP contribution in [0.4, 0.5) is 5.69 Å². The van der Waals surface area contributed by atoms with Crippen molar-refractivity contribution in [3.05, 3.63) is 29.8 Å². The van der Waals surface area contributed by atoms with Crippen LogP contribution in [0.2, 0.25) is 0 Å². The largest absolute Gasteiger partial charge is 0.379 e. The molecule has 1 aromatic rings. The first-order chi connectivity index (χ1) is 10.6. The number of nitrogens with one attached hydrogen (secondary N) is 1. The van der Waals surface area contributed by atoms with E-state index in [-0.39, 0.29) is 5.91 Å². The third-order valence-corrected chi connectivity index (χ3v) is 4.35. The summed E-state index contributed by atoms with van der Waals surface area (Å²) in [7, 11) is 0. The smallest absolute Gasteiger partial charge is 0.267 e. The van der Waals surface area contributed by atoms with Crippen LogP contribution in [0, 0.1) is 0 Å². The zero-order valence-corrected chi connectivity index (χ0v) is 13.3. The fourth-order valence-corrected chi connectivity index (χ4v) is 3.19. The highest BCUT2D eigenvalue weighted by Gasteiger charge is 2.40. The maximum Gasteiger partial charge on any atom is 0.267 e. The molecule has 22 heavy (non-hydrogen) atoms. The Kier molecular flexibility index (Phi) is 4.05. The van der Waals surface area contributed by atoms with E-state index in [0.717, 1.165) is 25.2 Å². The normalized spacial score (nSPS) is 23.5. The fourth-order valence-electron chi connectivity index (χ4n) is 3.19. The highest BCUT2D eigenvalue weighted by atomic mass is 16.7. The molecule has 0 bridgehead atoms. The van der Waals surface area contributed by atoms with Crippen LogP contribution in [0.3, 0.4) is 0 Å². The summed E-state index contributed by atoms with van der Waals surface area (Å²) in [4.78, 5) is 19.9. The minimum absolute atomic E-state index is 0.0848. The number of amides is 1. The molecule has 1 aromatic carbocycles. The van der Waals surface area contributed by atoms with Crippen LogP contribution in [0.15, 0.2) is 29.4 Å². The molecule has 0 radical (unpaired) electrons. The molecule has 5 heteroatoms. The van der Waals surface area contributed by atoms with Crippen LogP contribution < -0.4 is 10.2 Å². The third kappa shape index (κ3) is 2.93. The molecule has 0 fully saturated rings. The van der Waals surface area contributed by atoms with Gasteiger partial charge in [0.05, 0.1) is 5.71 Å². The molecule has 0 aliphatic carbocycles. The number of carbonyl (C=O) groups is 1. The fraction of sp³-hybridized carbons (Fsp3) is 0.529. The van der Waals surface area contributed by atoms with Gasteiger partial charge in [0.1, 0.15) is 0 Å². The Bertz CT molecular complexity index is 599. The van der Waals surface area contributed by atoms with E-state index in [1.807, 2.05) is 6.92 Å². The molecule has 2 aliphatic rings. The first-order valence-corrected chi connectivity index (χ1v) is 7.91. The summed E-state index contributed by atoms with van der Waals surface area (Å²) in [5.41, 5.74) is 2.72. The van der Waals surface area contributed by atoms with Crippen molar-refractivity contribution in [3.63, 3.8) is 0 Å². The number of hydrogen-bond donors (Lipinski definition) is 1. The molecule has 1 atom stereocenters. The Balaban J connectivity index is 1.53. The van der Waals surface area contributed by atoms with E-state index in [2.05, 4.69) is 39.6 Å². The maximum atomic E-state index is 12.3. The molecule has 0 saturated heterocycles. The second kappa shape index (κ2) is 5.99. The van der Waals surface area contributed by atoms with Gasteiger partial charge in [-0.2, -0.15) is 0 Å². The predicted octanol–water partition coefficient (Wildman–Crippen LogP) is 2.11. The predicted molar refractivity (Wildman–Crippen MR) is 87.2 cm³/mol. The number of aryl methyl sites for hydroxylation is 1. The number of para-hydroxylation sites is 1. The van der Waals surface area contributed by atoms with Gasteiger partial charge in [-0.3, -0.25) is 4.79 Å². The van der Waals surface area contributed by atoms with E-state index in [1.54, 1.807) is 6.92 Å². The second-order valence-corrected chi connectivity index (χ2v) is 6.30. The number of carbonyl (C=O) groups excluding carboxylic acids is 1. The number of anilines is 1. The molecule has 5 nitrogen and oxygen atoms in total. The number of hydrogen-bond acceptors (Lipinski definition) is 4. The minimum Gasteiger partial charge on any atom is -0.379 e. The van der Waals surface area contributed by atoms with Crippen LogP contribution in [0.5, 0.6) is 0 Å². The van der Waals surface area contributed by atoms with Crippen LogP contribution >= 0.6 is 0 Å². The van der Waals surface area contributed by atoms with Crippen molar-refractivity contribution in [1.29, 1.82) is 0 Å². The summed E-state index contributed by atoms with van der Waals surface area (Å²) < 4.78 is 0. The molecule has 1 amide bonds. The lowest BCUT2D eigenvalue weighted by atomic mass is 9.99. The summed E-state index contributed by atoms with van der Waals surface area (Å²) >= 11 is 0. The SMILES string of the molecule is CC1=NO[C@@](C)(C(=O)NCCN2CCCc3ccccc32)C1. The van der Waals surface area contributed by atoms with Crippen molar-refractivity contribution in [2.45, 2.75) is 38.7 Å². The minimum atomic E-state index is -0.843. The molecule has 2 heterocycles. The number of nitrogens with zero attached hydrogens (tertiary/aromatic N) is 2. The van der Waals surface area contributed by atoms with Gasteiger partial charge in [-0.25, -0.2) is 0 Å². The van der Waals surface area contributed by atoms with Crippen molar-refractivity contribution in [3.8, 4) is 0 Å². The lowest BCUT2D eigenvalue weighted by molar-refractivity contribution is -0.141. The highest BCUT2D eigenvalue weighted by molar-refractivity contribution is 5.94. The number of benzene rings is 1. The lowest BCUT2D eigenvalue weighted by Gasteiger charge is -2.31. The molecule has 3 rings (SSSR count). The quantitative estimate of drug-likeness (QED) is 0.926. The van der Waals surface area contributed by atoms with Gasteiger partial charge in [0, 0.05) is 31.7 Å². The summed E-state index contributed by atoms with van der Waals surface area (Å²) in [6.07, 6.45) is 2.87. The molecule has 0 unspecified atom stereocenters. The number of oxime groups is 1. The zero-order chi connectivity index (χ0) is 15.6. The highest BCUT2D eigenvalue weighted by Crippen LogP contribution is 2.26. The van der Waals surface area contributed by atoms with E-state index in [4.69, 9.17) is 4.84 Å². The number of fused-ring (bicyclic) bond motifs is 1. The standard InChI is InChI=1S/C17H23N3O2/c1-13-12-17(2,22-19-13)16(21)18-9-11-20-10-5-7-14-6-3-4-8-15(14)20/h3-4,6,8H,5,7,9-12H2,1-2H3,(H,18,21)/t17-/m1/s1. The van der Waals surface area contributed by atoms with Crippen molar-refractivity contribution >= 4 is 17.3 Å². The van der Waals surface area contributed by atoms with Gasteiger partial charge >= 0.3 is 0 Å². The number of rotatable bonds is 4. The van der Waals surface area contributed by atoms with Gasteiger partial charge < -0.3 is 15.1 Å². The maximum absolute atomic E-state index is 12.3. The van der Waals surface area contributed by atoms with Crippen LogP contribution in [0.25, 0.3) is 0 Å².